The lowest BCUT2D eigenvalue weighted by Crippen LogP contribution is -2.47. The Morgan fingerprint density at radius 2 is 1.63 bits per heavy atom. The zero-order valence-corrected chi connectivity index (χ0v) is 16.7. The summed E-state index contributed by atoms with van der Waals surface area (Å²) >= 11 is 0. The number of hydrogen-bond donors (Lipinski definition) is 2. The monoisotopic (exact) mass is 412 g/mol. The second-order valence-corrected chi connectivity index (χ2v) is 6.97. The summed E-state index contributed by atoms with van der Waals surface area (Å²) in [4.78, 5) is 36.7. The van der Waals surface area contributed by atoms with Crippen molar-refractivity contribution in [2.45, 2.75) is 19.9 Å². The fraction of sp³-hybridized carbons (Fsp3) is 0.227. The van der Waals surface area contributed by atoms with Crippen molar-refractivity contribution in [1.29, 1.82) is 0 Å². The average molecular weight is 412 g/mol. The first kappa shape index (κ1) is 21.0. The van der Waals surface area contributed by atoms with Crippen LogP contribution in [0.15, 0.2) is 59.8 Å². The van der Waals surface area contributed by atoms with Crippen molar-refractivity contribution in [2.24, 2.45) is 5.92 Å². The second-order valence-electron chi connectivity index (χ2n) is 6.97. The maximum absolute atomic E-state index is 13.0. The summed E-state index contributed by atoms with van der Waals surface area (Å²) in [5, 5.41) is 5.40. The van der Waals surface area contributed by atoms with Gasteiger partial charge in [-0.1, -0.05) is 26.0 Å². The van der Waals surface area contributed by atoms with Crippen molar-refractivity contribution in [3.63, 3.8) is 0 Å². The summed E-state index contributed by atoms with van der Waals surface area (Å²) < 4.78 is 23.2. The van der Waals surface area contributed by atoms with Gasteiger partial charge in [0.05, 0.1) is 24.3 Å². The largest absolute Gasteiger partial charge is 0.466 e. The number of carbonyl (C=O) groups is 3. The Morgan fingerprint density at radius 3 is 2.20 bits per heavy atom. The molecule has 0 saturated heterocycles. The number of benzene rings is 2. The highest BCUT2D eigenvalue weighted by Crippen LogP contribution is 2.31. The maximum atomic E-state index is 13.0. The van der Waals surface area contributed by atoms with Gasteiger partial charge in [0, 0.05) is 5.70 Å². The van der Waals surface area contributed by atoms with Crippen LogP contribution < -0.4 is 15.4 Å². The first-order chi connectivity index (χ1) is 14.3. The Hall–Kier alpha value is -3.68. The minimum atomic E-state index is -0.717. The SMILES string of the molecule is COC(=O)C1=C(C(C)C)NC(=O)NC1c1ccc(OC(=O)c2ccc(F)cc2)cc1. The average Bonchev–Trinajstić information content (AvgIpc) is 2.73. The highest BCUT2D eigenvalue weighted by Gasteiger charge is 2.34. The molecule has 2 aromatic carbocycles. The third-order valence-corrected chi connectivity index (χ3v) is 4.59. The number of allylic oxidation sites excluding steroid dienone is 1. The molecule has 30 heavy (non-hydrogen) atoms. The summed E-state index contributed by atoms with van der Waals surface area (Å²) in [5.74, 6) is -1.47. The molecular formula is C22H21FN2O5. The molecule has 0 spiro atoms. The van der Waals surface area contributed by atoms with Gasteiger partial charge in [-0.05, 0) is 47.9 Å². The van der Waals surface area contributed by atoms with Crippen molar-refractivity contribution in [3.05, 3.63) is 76.7 Å². The first-order valence-electron chi connectivity index (χ1n) is 9.27. The van der Waals surface area contributed by atoms with E-state index >= 15 is 0 Å². The van der Waals surface area contributed by atoms with Crippen LogP contribution in [0.3, 0.4) is 0 Å². The molecule has 1 atom stereocenters. The summed E-state index contributed by atoms with van der Waals surface area (Å²) in [6.07, 6.45) is 0. The lowest BCUT2D eigenvalue weighted by Gasteiger charge is -2.30. The van der Waals surface area contributed by atoms with Crippen LogP contribution in [0.1, 0.15) is 35.8 Å². The van der Waals surface area contributed by atoms with E-state index in [4.69, 9.17) is 9.47 Å². The molecule has 2 amide bonds. The predicted molar refractivity (Wildman–Crippen MR) is 106 cm³/mol. The standard InChI is InChI=1S/C22H21FN2O5/c1-12(2)18-17(21(27)29-3)19(25-22(28)24-18)13-6-10-16(11-7-13)30-20(26)14-4-8-15(23)9-5-14/h4-12,19H,1-3H3,(H2,24,25,28). The van der Waals surface area contributed by atoms with Gasteiger partial charge < -0.3 is 20.1 Å². The van der Waals surface area contributed by atoms with E-state index in [1.165, 1.54) is 31.4 Å². The fourth-order valence-corrected chi connectivity index (χ4v) is 3.11. The predicted octanol–water partition coefficient (Wildman–Crippen LogP) is 3.48. The quantitative estimate of drug-likeness (QED) is 0.579. The van der Waals surface area contributed by atoms with Gasteiger partial charge in [-0.15, -0.1) is 0 Å². The zero-order valence-electron chi connectivity index (χ0n) is 16.7. The number of rotatable bonds is 5. The molecule has 1 aliphatic heterocycles. The molecular weight excluding hydrogens is 391 g/mol. The van der Waals surface area contributed by atoms with E-state index in [9.17, 15) is 18.8 Å². The molecule has 0 fully saturated rings. The highest BCUT2D eigenvalue weighted by molar-refractivity contribution is 5.95. The van der Waals surface area contributed by atoms with E-state index < -0.39 is 29.8 Å². The van der Waals surface area contributed by atoms with Crippen molar-refractivity contribution in [3.8, 4) is 5.75 Å². The van der Waals surface area contributed by atoms with E-state index in [-0.39, 0.29) is 17.2 Å². The Morgan fingerprint density at radius 1 is 1.00 bits per heavy atom. The van der Waals surface area contributed by atoms with E-state index in [1.54, 1.807) is 24.3 Å². The van der Waals surface area contributed by atoms with Crippen molar-refractivity contribution < 1.29 is 28.2 Å². The Labute approximate surface area is 172 Å². The molecule has 7 nitrogen and oxygen atoms in total. The van der Waals surface area contributed by atoms with E-state index in [0.717, 1.165) is 0 Å². The van der Waals surface area contributed by atoms with E-state index in [1.807, 2.05) is 13.8 Å². The Kier molecular flexibility index (Phi) is 6.15. The second kappa shape index (κ2) is 8.77. The van der Waals surface area contributed by atoms with Crippen LogP contribution in [0, 0.1) is 11.7 Å². The number of ether oxygens (including phenoxy) is 2. The number of halogens is 1. The molecule has 0 radical (unpaired) electrons. The van der Waals surface area contributed by atoms with E-state index in [0.29, 0.717) is 16.8 Å². The molecule has 0 saturated carbocycles. The number of methoxy groups -OCH3 is 1. The van der Waals surface area contributed by atoms with Crippen LogP contribution >= 0.6 is 0 Å². The molecule has 0 aliphatic carbocycles. The molecule has 1 aliphatic rings. The third kappa shape index (κ3) is 4.48. The van der Waals surface area contributed by atoms with Gasteiger partial charge >= 0.3 is 18.0 Å². The van der Waals surface area contributed by atoms with Crippen LogP contribution in [0.25, 0.3) is 0 Å². The van der Waals surface area contributed by atoms with Crippen LogP contribution in [-0.2, 0) is 9.53 Å². The maximum Gasteiger partial charge on any atom is 0.343 e. The molecule has 8 heteroatoms. The molecule has 2 aromatic rings. The lowest BCUT2D eigenvalue weighted by molar-refractivity contribution is -0.136. The van der Waals surface area contributed by atoms with Gasteiger partial charge in [-0.2, -0.15) is 0 Å². The zero-order chi connectivity index (χ0) is 21.8. The number of urea groups is 1. The summed E-state index contributed by atoms with van der Waals surface area (Å²) in [7, 11) is 1.28. The number of carbonyl (C=O) groups excluding carboxylic acids is 3. The van der Waals surface area contributed by atoms with Gasteiger partial charge in [0.15, 0.2) is 0 Å². The van der Waals surface area contributed by atoms with Gasteiger partial charge in [0.1, 0.15) is 11.6 Å². The van der Waals surface area contributed by atoms with Gasteiger partial charge in [0.25, 0.3) is 0 Å². The van der Waals surface area contributed by atoms with Crippen molar-refractivity contribution in [1.82, 2.24) is 10.6 Å². The summed E-state index contributed by atoms with van der Waals surface area (Å²) in [6, 6.07) is 10.3. The molecule has 3 rings (SSSR count). The highest BCUT2D eigenvalue weighted by atomic mass is 19.1. The van der Waals surface area contributed by atoms with E-state index in [2.05, 4.69) is 10.6 Å². The number of esters is 2. The molecule has 0 aromatic heterocycles. The lowest BCUT2D eigenvalue weighted by atomic mass is 9.91. The molecule has 0 bridgehead atoms. The minimum absolute atomic E-state index is 0.108. The van der Waals surface area contributed by atoms with Gasteiger partial charge in [-0.3, -0.25) is 0 Å². The molecule has 156 valence electrons. The van der Waals surface area contributed by atoms with Crippen molar-refractivity contribution in [2.75, 3.05) is 7.11 Å². The Bertz CT molecular complexity index is 997. The number of amides is 2. The first-order valence-corrected chi connectivity index (χ1v) is 9.27. The van der Waals surface area contributed by atoms with Crippen molar-refractivity contribution >= 4 is 18.0 Å². The smallest absolute Gasteiger partial charge is 0.343 e. The number of nitrogens with one attached hydrogen (secondary N) is 2. The summed E-state index contributed by atoms with van der Waals surface area (Å²) in [6.45, 7) is 3.72. The topological polar surface area (TPSA) is 93.7 Å². The molecule has 1 heterocycles. The molecule has 1 unspecified atom stereocenters. The normalized spacial score (nSPS) is 16.0. The van der Waals surface area contributed by atoms with Crippen LogP contribution in [0.4, 0.5) is 9.18 Å². The van der Waals surface area contributed by atoms with Crippen LogP contribution in [0.2, 0.25) is 0 Å². The fourth-order valence-electron chi connectivity index (χ4n) is 3.11. The van der Waals surface area contributed by atoms with Gasteiger partial charge in [0.2, 0.25) is 0 Å². The minimum Gasteiger partial charge on any atom is -0.466 e. The van der Waals surface area contributed by atoms with Crippen LogP contribution in [0.5, 0.6) is 5.75 Å². The molecule has 2 N–H and O–H groups in total. The number of hydrogen-bond acceptors (Lipinski definition) is 5. The summed E-state index contributed by atoms with van der Waals surface area (Å²) in [5.41, 5.74) is 1.62. The Balaban J connectivity index is 1.85. The van der Waals surface area contributed by atoms with Gasteiger partial charge in [-0.25, -0.2) is 18.8 Å². The van der Waals surface area contributed by atoms with Crippen LogP contribution in [-0.4, -0.2) is 25.1 Å². The third-order valence-electron chi connectivity index (χ3n) is 4.59.